The normalized spacial score (nSPS) is 16.4. The van der Waals surface area contributed by atoms with Gasteiger partial charge in [0.2, 0.25) is 0 Å². The molecule has 0 aliphatic heterocycles. The third-order valence-corrected chi connectivity index (χ3v) is 2.78. The number of rotatable bonds is 10. The number of aliphatic carboxylic acids is 1. The van der Waals surface area contributed by atoms with Crippen molar-refractivity contribution in [1.29, 1.82) is 0 Å². The number of carboxylic acid groups (broad SMARTS) is 1. The summed E-state index contributed by atoms with van der Waals surface area (Å²) in [5.41, 5.74) is 0. The van der Waals surface area contributed by atoms with Gasteiger partial charge in [0.15, 0.2) is 5.78 Å². The van der Waals surface area contributed by atoms with E-state index in [4.69, 9.17) is 14.9 Å². The third kappa shape index (κ3) is 8.33. The average Bonchev–Trinajstić information content (AvgIpc) is 2.32. The molecular formula is C9H17O10P. The molecule has 0 heterocycles. The molecule has 0 unspecified atom stereocenters. The van der Waals surface area contributed by atoms with Gasteiger partial charge in [0.25, 0.3) is 0 Å². The van der Waals surface area contributed by atoms with Crippen molar-refractivity contribution in [2.75, 3.05) is 6.61 Å². The van der Waals surface area contributed by atoms with Gasteiger partial charge in [0.05, 0.1) is 6.10 Å². The Kier molecular flexibility index (Phi) is 8.06. The van der Waals surface area contributed by atoms with Crippen molar-refractivity contribution in [3.8, 4) is 0 Å². The van der Waals surface area contributed by atoms with Gasteiger partial charge in [-0.1, -0.05) is 0 Å². The molecule has 118 valence electrons. The minimum atomic E-state index is -4.88. The van der Waals surface area contributed by atoms with Gasteiger partial charge in [-0.2, -0.15) is 0 Å². The average molecular weight is 316 g/mol. The number of hydrogen-bond donors (Lipinski definition) is 6. The van der Waals surface area contributed by atoms with E-state index in [-0.39, 0.29) is 19.3 Å². The minimum Gasteiger partial charge on any atom is -0.481 e. The van der Waals surface area contributed by atoms with E-state index >= 15 is 0 Å². The van der Waals surface area contributed by atoms with Gasteiger partial charge < -0.3 is 30.2 Å². The van der Waals surface area contributed by atoms with Gasteiger partial charge in [-0.25, -0.2) is 4.57 Å². The lowest BCUT2D eigenvalue weighted by molar-refractivity contribution is -0.142. The summed E-state index contributed by atoms with van der Waals surface area (Å²) >= 11 is 0. The zero-order chi connectivity index (χ0) is 15.9. The summed E-state index contributed by atoms with van der Waals surface area (Å²) in [4.78, 5) is 38.2. The van der Waals surface area contributed by atoms with Crippen LogP contribution in [-0.2, 0) is 18.7 Å². The van der Waals surface area contributed by atoms with Crippen molar-refractivity contribution in [1.82, 2.24) is 0 Å². The predicted octanol–water partition coefficient (Wildman–Crippen LogP) is -2.00. The maximum absolute atomic E-state index is 11.2. The van der Waals surface area contributed by atoms with Crippen LogP contribution in [0.25, 0.3) is 0 Å². The summed E-state index contributed by atoms with van der Waals surface area (Å²) in [5, 5.41) is 36.6. The zero-order valence-corrected chi connectivity index (χ0v) is 11.2. The topological polar surface area (TPSA) is 182 Å². The molecule has 0 rings (SSSR count). The molecular weight excluding hydrogens is 299 g/mol. The van der Waals surface area contributed by atoms with Gasteiger partial charge in [-0.3, -0.25) is 14.1 Å². The summed E-state index contributed by atoms with van der Waals surface area (Å²) in [5.74, 6) is -2.32. The third-order valence-electron chi connectivity index (χ3n) is 2.31. The Morgan fingerprint density at radius 1 is 1.15 bits per heavy atom. The van der Waals surface area contributed by atoms with Crippen molar-refractivity contribution in [3.05, 3.63) is 0 Å². The highest BCUT2D eigenvalue weighted by atomic mass is 31.2. The number of ketones is 1. The number of carbonyl (C=O) groups is 2. The minimum absolute atomic E-state index is 0.0213. The highest BCUT2D eigenvalue weighted by Crippen LogP contribution is 2.35. The molecule has 0 amide bonds. The summed E-state index contributed by atoms with van der Waals surface area (Å²) in [6.45, 7) is -1.13. The van der Waals surface area contributed by atoms with E-state index in [2.05, 4.69) is 4.52 Å². The predicted molar refractivity (Wildman–Crippen MR) is 62.5 cm³/mol. The fourth-order valence-electron chi connectivity index (χ4n) is 1.27. The smallest absolute Gasteiger partial charge is 0.470 e. The summed E-state index contributed by atoms with van der Waals surface area (Å²) in [6, 6.07) is 0. The Bertz CT molecular complexity index is 377. The maximum atomic E-state index is 11.2. The maximum Gasteiger partial charge on any atom is 0.470 e. The van der Waals surface area contributed by atoms with Crippen molar-refractivity contribution in [2.24, 2.45) is 0 Å². The van der Waals surface area contributed by atoms with Crippen LogP contribution in [0.4, 0.5) is 0 Å². The molecule has 6 N–H and O–H groups in total. The fraction of sp³-hybridized carbons (Fsp3) is 0.778. The molecule has 3 atom stereocenters. The van der Waals surface area contributed by atoms with E-state index in [1.807, 2.05) is 0 Å². The molecule has 11 heteroatoms. The Balaban J connectivity index is 4.23. The second-order valence-electron chi connectivity index (χ2n) is 4.02. The van der Waals surface area contributed by atoms with Crippen LogP contribution in [0.15, 0.2) is 0 Å². The number of Topliss-reactive ketones (excluding diaryl/α,β-unsaturated/α-hetero) is 1. The van der Waals surface area contributed by atoms with Crippen LogP contribution in [0.5, 0.6) is 0 Å². The Morgan fingerprint density at radius 2 is 1.70 bits per heavy atom. The van der Waals surface area contributed by atoms with Crippen LogP contribution < -0.4 is 0 Å². The molecule has 0 aliphatic rings. The van der Waals surface area contributed by atoms with E-state index in [9.17, 15) is 29.5 Å². The largest absolute Gasteiger partial charge is 0.481 e. The van der Waals surface area contributed by atoms with E-state index in [1.165, 1.54) is 0 Å². The Morgan fingerprint density at radius 3 is 2.15 bits per heavy atom. The number of aliphatic hydroxyl groups excluding tert-OH is 3. The van der Waals surface area contributed by atoms with E-state index in [1.54, 1.807) is 0 Å². The lowest BCUT2D eigenvalue weighted by Crippen LogP contribution is -2.43. The Labute approximate surface area is 113 Å². The highest BCUT2D eigenvalue weighted by Gasteiger charge is 2.31. The molecule has 0 saturated heterocycles. The molecule has 20 heavy (non-hydrogen) atoms. The first-order valence-electron chi connectivity index (χ1n) is 5.53. The standard InChI is InChI=1S/C9H17O10P/c10-5(2-1-3-7(12)13)8(14)9(15)6(11)4-19-20(16,17)18/h5,8-10,14-15H,1-4H2,(H,12,13)(H2,16,17,18)/t5-,8-,9-/m0/s1. The van der Waals surface area contributed by atoms with Crippen LogP contribution >= 0.6 is 7.82 Å². The molecule has 0 saturated carbocycles. The molecule has 0 aliphatic carbocycles. The van der Waals surface area contributed by atoms with Gasteiger partial charge in [0, 0.05) is 6.42 Å². The number of aliphatic hydroxyl groups is 3. The number of carboxylic acids is 1. The summed E-state index contributed by atoms with van der Waals surface area (Å²) < 4.78 is 14.2. The van der Waals surface area contributed by atoms with Crippen molar-refractivity contribution < 1.29 is 48.9 Å². The second kappa shape index (κ2) is 8.42. The zero-order valence-electron chi connectivity index (χ0n) is 10.3. The molecule has 10 nitrogen and oxygen atoms in total. The summed E-state index contributed by atoms with van der Waals surface area (Å²) in [7, 11) is -4.88. The fourth-order valence-corrected chi connectivity index (χ4v) is 1.56. The van der Waals surface area contributed by atoms with Crippen LogP contribution in [0, 0.1) is 0 Å². The highest BCUT2D eigenvalue weighted by molar-refractivity contribution is 7.46. The quantitative estimate of drug-likeness (QED) is 0.246. The summed E-state index contributed by atoms with van der Waals surface area (Å²) in [6.07, 6.45) is -5.96. The molecule has 0 bridgehead atoms. The molecule has 0 radical (unpaired) electrons. The van der Waals surface area contributed by atoms with Crippen LogP contribution in [0.2, 0.25) is 0 Å². The van der Waals surface area contributed by atoms with Crippen molar-refractivity contribution >= 4 is 19.6 Å². The lowest BCUT2D eigenvalue weighted by atomic mass is 10.0. The SMILES string of the molecule is O=C(O)CCC[C@H](O)[C@H](O)[C@@H](O)C(=O)COP(=O)(O)O. The molecule has 0 spiro atoms. The second-order valence-corrected chi connectivity index (χ2v) is 5.26. The Hall–Kier alpha value is -0.870. The van der Waals surface area contributed by atoms with E-state index in [0.717, 1.165) is 0 Å². The molecule has 0 fully saturated rings. The van der Waals surface area contributed by atoms with Crippen molar-refractivity contribution in [3.63, 3.8) is 0 Å². The van der Waals surface area contributed by atoms with E-state index < -0.39 is 44.5 Å². The molecule has 0 aromatic carbocycles. The molecule has 0 aromatic heterocycles. The first-order chi connectivity index (χ1) is 9.04. The molecule has 0 aromatic rings. The van der Waals surface area contributed by atoms with Crippen LogP contribution in [0.1, 0.15) is 19.3 Å². The van der Waals surface area contributed by atoms with Gasteiger partial charge >= 0.3 is 13.8 Å². The van der Waals surface area contributed by atoms with Gasteiger partial charge in [-0.15, -0.1) is 0 Å². The number of phosphoric acid groups is 1. The van der Waals surface area contributed by atoms with Crippen molar-refractivity contribution in [2.45, 2.75) is 37.6 Å². The van der Waals surface area contributed by atoms with Crippen LogP contribution in [0.3, 0.4) is 0 Å². The van der Waals surface area contributed by atoms with E-state index in [0.29, 0.717) is 0 Å². The van der Waals surface area contributed by atoms with Gasteiger partial charge in [0.1, 0.15) is 18.8 Å². The monoisotopic (exact) mass is 316 g/mol. The first-order valence-corrected chi connectivity index (χ1v) is 7.06. The number of hydrogen-bond acceptors (Lipinski definition) is 7. The lowest BCUT2D eigenvalue weighted by Gasteiger charge is -2.21. The number of carbonyl (C=O) groups excluding carboxylic acids is 1. The van der Waals surface area contributed by atoms with Crippen LogP contribution in [-0.4, -0.2) is 66.9 Å². The first kappa shape index (κ1) is 19.1. The number of phosphoric ester groups is 1. The van der Waals surface area contributed by atoms with Gasteiger partial charge in [-0.05, 0) is 12.8 Å².